The van der Waals surface area contributed by atoms with Crippen molar-refractivity contribution < 1.29 is 9.47 Å². The molecule has 2 aromatic carbocycles. The van der Waals surface area contributed by atoms with Crippen LogP contribution >= 0.6 is 11.3 Å². The fraction of sp³-hybridized carbons (Fsp3) is 0.423. The van der Waals surface area contributed by atoms with Gasteiger partial charge in [0.1, 0.15) is 22.6 Å². The van der Waals surface area contributed by atoms with Gasteiger partial charge in [0.05, 0.1) is 6.10 Å². The first-order valence-electron chi connectivity index (χ1n) is 11.4. The third-order valence-electron chi connectivity index (χ3n) is 6.33. The van der Waals surface area contributed by atoms with Crippen LogP contribution in [0.2, 0.25) is 0 Å². The summed E-state index contributed by atoms with van der Waals surface area (Å²) < 4.78 is 12.6. The molecular formula is C26H30N2O2S. The van der Waals surface area contributed by atoms with Crippen LogP contribution in [0.4, 0.5) is 0 Å². The summed E-state index contributed by atoms with van der Waals surface area (Å²) in [7, 11) is 0. The normalized spacial score (nSPS) is 23.1. The quantitative estimate of drug-likeness (QED) is 0.517. The van der Waals surface area contributed by atoms with Gasteiger partial charge >= 0.3 is 0 Å². The molecule has 1 aliphatic carbocycles. The standard InChI is InChI=1S/C26H30N2O2S/c1-18-17-31-26(28-18)16-27-21-8-10-22(11-9-21)29-23-12-14-25-20(15-23)7-13-24(30-25)19-5-3-2-4-6-19/h2-6,12,14-15,17,21-22,24,27H,7-11,13,16H2,1H3/t21-,22-,24?. The van der Waals surface area contributed by atoms with Gasteiger partial charge in [0.25, 0.3) is 0 Å². The molecule has 31 heavy (non-hydrogen) atoms. The summed E-state index contributed by atoms with van der Waals surface area (Å²) in [6, 6.07) is 17.4. The Kier molecular flexibility index (Phi) is 6.23. The van der Waals surface area contributed by atoms with Gasteiger partial charge in [-0.2, -0.15) is 0 Å². The average Bonchev–Trinajstić information content (AvgIpc) is 3.24. The molecule has 1 atom stereocenters. The maximum absolute atomic E-state index is 6.35. The number of hydrogen-bond donors (Lipinski definition) is 1. The number of thiazole rings is 1. The fourth-order valence-corrected chi connectivity index (χ4v) is 5.36. The molecule has 0 radical (unpaired) electrons. The van der Waals surface area contributed by atoms with Gasteiger partial charge in [0.2, 0.25) is 0 Å². The Morgan fingerprint density at radius 3 is 2.68 bits per heavy atom. The van der Waals surface area contributed by atoms with Crippen LogP contribution in [0.3, 0.4) is 0 Å². The highest BCUT2D eigenvalue weighted by Gasteiger charge is 2.24. The van der Waals surface area contributed by atoms with Crippen LogP contribution in [0, 0.1) is 6.92 Å². The Hall–Kier alpha value is -2.37. The van der Waals surface area contributed by atoms with Gasteiger partial charge in [0.15, 0.2) is 0 Å². The molecule has 0 amide bonds. The van der Waals surface area contributed by atoms with Crippen LogP contribution in [0.5, 0.6) is 11.5 Å². The monoisotopic (exact) mass is 434 g/mol. The van der Waals surface area contributed by atoms with E-state index in [1.54, 1.807) is 11.3 Å². The number of aryl methyl sites for hydroxylation is 2. The van der Waals surface area contributed by atoms with Crippen molar-refractivity contribution in [2.24, 2.45) is 0 Å². The van der Waals surface area contributed by atoms with E-state index < -0.39 is 0 Å². The van der Waals surface area contributed by atoms with Gasteiger partial charge in [-0.1, -0.05) is 30.3 Å². The highest BCUT2D eigenvalue weighted by Crippen LogP contribution is 2.37. The van der Waals surface area contributed by atoms with Crippen LogP contribution < -0.4 is 14.8 Å². The number of nitrogens with zero attached hydrogens (tertiary/aromatic N) is 1. The summed E-state index contributed by atoms with van der Waals surface area (Å²) >= 11 is 1.74. The van der Waals surface area contributed by atoms with E-state index in [-0.39, 0.29) is 6.10 Å². The number of ether oxygens (including phenoxy) is 2. The van der Waals surface area contributed by atoms with E-state index in [1.165, 1.54) is 16.1 Å². The topological polar surface area (TPSA) is 43.4 Å². The highest BCUT2D eigenvalue weighted by molar-refractivity contribution is 7.09. The van der Waals surface area contributed by atoms with Crippen molar-refractivity contribution in [3.63, 3.8) is 0 Å². The fourth-order valence-electron chi connectivity index (χ4n) is 4.63. The largest absolute Gasteiger partial charge is 0.490 e. The zero-order valence-corrected chi connectivity index (χ0v) is 18.9. The van der Waals surface area contributed by atoms with Crippen LogP contribution in [-0.2, 0) is 13.0 Å². The molecule has 1 aliphatic heterocycles. The lowest BCUT2D eigenvalue weighted by atomic mass is 9.93. The van der Waals surface area contributed by atoms with Crippen molar-refractivity contribution in [3.05, 3.63) is 75.7 Å². The SMILES string of the molecule is Cc1csc(CN[C@H]2CC[C@H](Oc3ccc4c(c3)CCC(c3ccccc3)O4)CC2)n1. The van der Waals surface area contributed by atoms with E-state index in [9.17, 15) is 0 Å². The van der Waals surface area contributed by atoms with Crippen molar-refractivity contribution in [1.82, 2.24) is 10.3 Å². The molecule has 1 aromatic heterocycles. The first-order valence-corrected chi connectivity index (χ1v) is 12.3. The van der Waals surface area contributed by atoms with Gasteiger partial charge in [-0.3, -0.25) is 0 Å². The molecule has 0 spiro atoms. The first-order chi connectivity index (χ1) is 15.2. The molecule has 2 aliphatic rings. The Balaban J connectivity index is 1.12. The zero-order chi connectivity index (χ0) is 21.0. The second-order valence-electron chi connectivity index (χ2n) is 8.68. The van der Waals surface area contributed by atoms with Crippen LogP contribution in [0.15, 0.2) is 53.9 Å². The highest BCUT2D eigenvalue weighted by atomic mass is 32.1. The number of benzene rings is 2. The molecule has 5 heteroatoms. The lowest BCUT2D eigenvalue weighted by Gasteiger charge is -2.30. The lowest BCUT2D eigenvalue weighted by molar-refractivity contribution is 0.138. The first kappa shape index (κ1) is 20.5. The Morgan fingerprint density at radius 2 is 1.90 bits per heavy atom. The Bertz CT molecular complexity index is 996. The minimum Gasteiger partial charge on any atom is -0.490 e. The third-order valence-corrected chi connectivity index (χ3v) is 7.30. The molecule has 162 valence electrons. The average molecular weight is 435 g/mol. The number of fused-ring (bicyclic) bond motifs is 1. The van der Waals surface area contributed by atoms with Crippen LogP contribution in [0.25, 0.3) is 0 Å². The van der Waals surface area contributed by atoms with Crippen LogP contribution in [0.1, 0.15) is 60.0 Å². The van der Waals surface area contributed by atoms with E-state index in [0.29, 0.717) is 12.1 Å². The number of nitrogens with one attached hydrogen (secondary N) is 1. The van der Waals surface area contributed by atoms with Gasteiger partial charge < -0.3 is 14.8 Å². The summed E-state index contributed by atoms with van der Waals surface area (Å²) in [5, 5.41) is 6.97. The molecule has 1 unspecified atom stereocenters. The third kappa shape index (κ3) is 5.10. The second-order valence-corrected chi connectivity index (χ2v) is 9.62. The van der Waals surface area contributed by atoms with Crippen molar-refractivity contribution >= 4 is 11.3 Å². The van der Waals surface area contributed by atoms with E-state index in [1.807, 2.05) is 0 Å². The smallest absolute Gasteiger partial charge is 0.124 e. The zero-order valence-electron chi connectivity index (χ0n) is 18.0. The van der Waals surface area contributed by atoms with Crippen molar-refractivity contribution in [2.45, 2.75) is 70.2 Å². The maximum Gasteiger partial charge on any atom is 0.124 e. The summed E-state index contributed by atoms with van der Waals surface area (Å²) in [6.45, 7) is 2.93. The minimum absolute atomic E-state index is 0.150. The second kappa shape index (κ2) is 9.41. The molecule has 4 nitrogen and oxygen atoms in total. The van der Waals surface area contributed by atoms with Gasteiger partial charge in [-0.15, -0.1) is 11.3 Å². The van der Waals surface area contributed by atoms with Crippen molar-refractivity contribution in [3.8, 4) is 11.5 Å². The van der Waals surface area contributed by atoms with E-state index in [4.69, 9.17) is 9.47 Å². The number of hydrogen-bond acceptors (Lipinski definition) is 5. The van der Waals surface area contributed by atoms with E-state index >= 15 is 0 Å². The summed E-state index contributed by atoms with van der Waals surface area (Å²) in [4.78, 5) is 4.54. The van der Waals surface area contributed by atoms with Gasteiger partial charge in [0, 0.05) is 23.7 Å². The van der Waals surface area contributed by atoms with Gasteiger partial charge in [-0.25, -0.2) is 4.98 Å². The molecule has 2 heterocycles. The molecule has 0 bridgehead atoms. The van der Waals surface area contributed by atoms with E-state index in [2.05, 4.69) is 71.1 Å². The molecule has 1 fully saturated rings. The predicted octanol–water partition coefficient (Wildman–Crippen LogP) is 6.00. The number of aromatic nitrogens is 1. The molecule has 3 aromatic rings. The molecular weight excluding hydrogens is 404 g/mol. The lowest BCUT2D eigenvalue weighted by Crippen LogP contribution is -2.35. The Labute approximate surface area is 188 Å². The molecule has 0 saturated heterocycles. The van der Waals surface area contributed by atoms with Crippen LogP contribution in [-0.4, -0.2) is 17.1 Å². The summed E-state index contributed by atoms with van der Waals surface area (Å²) in [6.07, 6.45) is 6.99. The van der Waals surface area contributed by atoms with E-state index in [0.717, 1.165) is 62.3 Å². The molecule has 1 N–H and O–H groups in total. The number of rotatable bonds is 6. The summed E-state index contributed by atoms with van der Waals surface area (Å²) in [5.41, 5.74) is 3.63. The predicted molar refractivity (Wildman–Crippen MR) is 125 cm³/mol. The van der Waals surface area contributed by atoms with Crippen molar-refractivity contribution in [1.29, 1.82) is 0 Å². The summed E-state index contributed by atoms with van der Waals surface area (Å²) in [5.74, 6) is 1.98. The molecule has 5 rings (SSSR count). The minimum atomic E-state index is 0.150. The van der Waals surface area contributed by atoms with Gasteiger partial charge in [-0.05, 0) is 74.8 Å². The van der Waals surface area contributed by atoms with Crippen molar-refractivity contribution in [2.75, 3.05) is 0 Å². The maximum atomic E-state index is 6.35. The molecule has 1 saturated carbocycles. The Morgan fingerprint density at radius 1 is 1.06 bits per heavy atom.